The van der Waals surface area contributed by atoms with Gasteiger partial charge in [-0.15, -0.1) is 0 Å². The van der Waals surface area contributed by atoms with Crippen molar-refractivity contribution in [2.24, 2.45) is 0 Å². The zero-order chi connectivity index (χ0) is 11.7. The maximum atomic E-state index is 5.58. The first-order valence-corrected chi connectivity index (χ1v) is 6.48. The van der Waals surface area contributed by atoms with Crippen molar-refractivity contribution in [3.63, 3.8) is 0 Å². The van der Waals surface area contributed by atoms with Gasteiger partial charge in [0.15, 0.2) is 0 Å². The minimum absolute atomic E-state index is 0.461. The summed E-state index contributed by atoms with van der Waals surface area (Å²) in [6, 6.07) is 0. The van der Waals surface area contributed by atoms with Crippen molar-refractivity contribution >= 4 is 17.4 Å². The van der Waals surface area contributed by atoms with Crippen LogP contribution in [0.15, 0.2) is 46.9 Å². The Bertz CT molecular complexity index is 482. The fourth-order valence-corrected chi connectivity index (χ4v) is 2.79. The van der Waals surface area contributed by atoms with E-state index < -0.39 is 0 Å². The van der Waals surface area contributed by atoms with Gasteiger partial charge in [-0.1, -0.05) is 17.7 Å². The van der Waals surface area contributed by atoms with E-state index >= 15 is 0 Å². The summed E-state index contributed by atoms with van der Waals surface area (Å²) in [5, 5.41) is 3.55. The molecule has 0 spiro atoms. The predicted octanol–water partition coefficient (Wildman–Crippen LogP) is 3.49. The fourth-order valence-electron chi connectivity index (χ4n) is 2.55. The molecule has 3 rings (SSSR count). The summed E-state index contributed by atoms with van der Waals surface area (Å²) in [5.74, 6) is 0.977. The van der Waals surface area contributed by atoms with Gasteiger partial charge >= 0.3 is 0 Å². The summed E-state index contributed by atoms with van der Waals surface area (Å²) in [5.41, 5.74) is 4.13. The highest BCUT2D eigenvalue weighted by molar-refractivity contribution is 7.80. The van der Waals surface area contributed by atoms with Gasteiger partial charge in [-0.25, -0.2) is 0 Å². The van der Waals surface area contributed by atoms with E-state index in [9.17, 15) is 0 Å². The molecule has 0 aromatic carbocycles. The minimum atomic E-state index is 0.461. The van der Waals surface area contributed by atoms with Crippen LogP contribution in [-0.2, 0) is 4.74 Å². The molecular formula is C14H15NOS. The molecular weight excluding hydrogens is 230 g/mol. The number of rotatable bonds is 0. The van der Waals surface area contributed by atoms with E-state index in [0.29, 0.717) is 5.17 Å². The van der Waals surface area contributed by atoms with Crippen LogP contribution >= 0.6 is 12.2 Å². The van der Waals surface area contributed by atoms with E-state index in [-0.39, 0.29) is 0 Å². The second-order valence-electron chi connectivity index (χ2n) is 4.61. The molecule has 0 aromatic rings. The summed E-state index contributed by atoms with van der Waals surface area (Å²) in [4.78, 5) is 0. The van der Waals surface area contributed by atoms with Crippen LogP contribution in [0.5, 0.6) is 0 Å². The Balaban J connectivity index is 1.99. The Labute approximate surface area is 107 Å². The zero-order valence-corrected chi connectivity index (χ0v) is 10.5. The molecule has 3 aliphatic rings. The Kier molecular flexibility index (Phi) is 2.85. The Morgan fingerprint density at radius 2 is 2.24 bits per heavy atom. The molecule has 0 radical (unpaired) electrons. The molecule has 2 aliphatic carbocycles. The smallest absolute Gasteiger partial charge is 0.266 e. The van der Waals surface area contributed by atoms with E-state index in [1.807, 2.05) is 0 Å². The number of nitrogens with one attached hydrogen (secondary N) is 1. The lowest BCUT2D eigenvalue weighted by molar-refractivity contribution is 0.374. The van der Waals surface area contributed by atoms with Crippen molar-refractivity contribution in [1.82, 2.24) is 5.32 Å². The van der Waals surface area contributed by atoms with Crippen molar-refractivity contribution in [3.8, 4) is 0 Å². The van der Waals surface area contributed by atoms with E-state index in [0.717, 1.165) is 24.3 Å². The summed E-state index contributed by atoms with van der Waals surface area (Å²) in [7, 11) is 0. The van der Waals surface area contributed by atoms with Crippen LogP contribution in [0.1, 0.15) is 32.1 Å². The van der Waals surface area contributed by atoms with Crippen molar-refractivity contribution < 1.29 is 4.74 Å². The summed E-state index contributed by atoms with van der Waals surface area (Å²) in [6.07, 6.45) is 14.2. The molecule has 2 nitrogen and oxygen atoms in total. The number of hydrogen-bond donors (Lipinski definition) is 1. The third kappa shape index (κ3) is 2.34. The van der Waals surface area contributed by atoms with E-state index in [4.69, 9.17) is 17.0 Å². The third-order valence-corrected chi connectivity index (χ3v) is 3.55. The monoisotopic (exact) mass is 245 g/mol. The average molecular weight is 245 g/mol. The molecule has 1 fully saturated rings. The van der Waals surface area contributed by atoms with Crippen LogP contribution in [0.2, 0.25) is 0 Å². The average Bonchev–Trinajstić information content (AvgIpc) is 2.71. The molecule has 0 saturated carbocycles. The fraction of sp³-hybridized carbons (Fsp3) is 0.357. The highest BCUT2D eigenvalue weighted by atomic mass is 32.1. The lowest BCUT2D eigenvalue weighted by atomic mass is 10.0. The van der Waals surface area contributed by atoms with Gasteiger partial charge < -0.3 is 10.1 Å². The zero-order valence-electron chi connectivity index (χ0n) is 9.66. The van der Waals surface area contributed by atoms with Crippen molar-refractivity contribution in [3.05, 3.63) is 46.9 Å². The largest absolute Gasteiger partial charge is 0.436 e. The topological polar surface area (TPSA) is 21.3 Å². The molecule has 1 aliphatic heterocycles. The maximum Gasteiger partial charge on any atom is 0.266 e. The molecule has 88 valence electrons. The molecule has 1 heterocycles. The van der Waals surface area contributed by atoms with Crippen LogP contribution < -0.4 is 5.32 Å². The number of fused-ring (bicyclic) bond motifs is 2. The first kappa shape index (κ1) is 10.8. The Morgan fingerprint density at radius 3 is 3.18 bits per heavy atom. The van der Waals surface area contributed by atoms with Gasteiger partial charge in [-0.05, 0) is 55.6 Å². The number of thiocarbonyl (C=S) groups is 1. The van der Waals surface area contributed by atoms with Crippen molar-refractivity contribution in [2.75, 3.05) is 0 Å². The van der Waals surface area contributed by atoms with Crippen molar-refractivity contribution in [2.45, 2.75) is 32.1 Å². The molecule has 0 unspecified atom stereocenters. The van der Waals surface area contributed by atoms with Gasteiger partial charge in [0.25, 0.3) is 5.17 Å². The van der Waals surface area contributed by atoms with Crippen LogP contribution in [0.25, 0.3) is 0 Å². The van der Waals surface area contributed by atoms with Gasteiger partial charge in [0.2, 0.25) is 0 Å². The van der Waals surface area contributed by atoms with E-state index in [1.165, 1.54) is 24.8 Å². The summed E-state index contributed by atoms with van der Waals surface area (Å²) >= 11 is 5.11. The van der Waals surface area contributed by atoms with E-state index in [2.05, 4.69) is 29.6 Å². The SMILES string of the molecule is S=C1N/C2=C/C=C\CC3=C(/C=C(\C2)O1)CCC3. The predicted molar refractivity (Wildman–Crippen MR) is 72.2 cm³/mol. The van der Waals surface area contributed by atoms with Crippen molar-refractivity contribution in [1.29, 1.82) is 0 Å². The number of hydrogen-bond acceptors (Lipinski definition) is 2. The number of allylic oxidation sites excluding steroid dienone is 6. The number of ether oxygens (including phenoxy) is 1. The summed E-state index contributed by atoms with van der Waals surface area (Å²) < 4.78 is 5.58. The maximum absolute atomic E-state index is 5.58. The van der Waals surface area contributed by atoms with Gasteiger partial charge in [-0.3, -0.25) is 0 Å². The Morgan fingerprint density at radius 1 is 1.29 bits per heavy atom. The molecule has 17 heavy (non-hydrogen) atoms. The molecule has 0 aromatic heterocycles. The van der Waals surface area contributed by atoms with Crippen LogP contribution in [0.4, 0.5) is 0 Å². The summed E-state index contributed by atoms with van der Waals surface area (Å²) in [6.45, 7) is 0. The van der Waals surface area contributed by atoms with Crippen LogP contribution in [0, 0.1) is 0 Å². The van der Waals surface area contributed by atoms with Crippen LogP contribution in [0.3, 0.4) is 0 Å². The lowest BCUT2D eigenvalue weighted by Crippen LogP contribution is -2.28. The van der Waals surface area contributed by atoms with Gasteiger partial charge in [0.05, 0.1) is 0 Å². The van der Waals surface area contributed by atoms with Gasteiger partial charge in [0, 0.05) is 12.1 Å². The lowest BCUT2D eigenvalue weighted by Gasteiger charge is -2.21. The van der Waals surface area contributed by atoms with Gasteiger partial charge in [0.1, 0.15) is 5.76 Å². The minimum Gasteiger partial charge on any atom is -0.436 e. The third-order valence-electron chi connectivity index (χ3n) is 3.36. The second-order valence-corrected chi connectivity index (χ2v) is 4.98. The highest BCUT2D eigenvalue weighted by Crippen LogP contribution is 2.32. The van der Waals surface area contributed by atoms with Gasteiger partial charge in [-0.2, -0.15) is 0 Å². The highest BCUT2D eigenvalue weighted by Gasteiger charge is 2.18. The second kappa shape index (κ2) is 4.49. The quantitative estimate of drug-likeness (QED) is 0.660. The normalized spacial score (nSPS) is 31.4. The van der Waals surface area contributed by atoms with Crippen LogP contribution in [-0.4, -0.2) is 5.17 Å². The molecule has 1 N–H and O–H groups in total. The van der Waals surface area contributed by atoms with E-state index in [1.54, 1.807) is 5.57 Å². The first-order chi connectivity index (χ1) is 8.31. The molecule has 3 heteroatoms. The molecule has 1 saturated heterocycles. The molecule has 0 amide bonds. The first-order valence-electron chi connectivity index (χ1n) is 6.07. The Hall–Kier alpha value is -1.35. The standard InChI is InChI=1S/C14H15NOS/c17-14-15-12-7-2-1-4-10-5-3-6-11(10)8-13(9-12)16-14/h1-2,7-8H,3-6,9H2,(H,15,17)/b2-1-,12-7+,13-8+. The molecule has 2 bridgehead atoms. The molecule has 0 atom stereocenters.